The van der Waals surface area contributed by atoms with Gasteiger partial charge < -0.3 is 14.8 Å². The molecule has 0 radical (unpaired) electrons. The summed E-state index contributed by atoms with van der Waals surface area (Å²) in [6.45, 7) is 9.62. The highest BCUT2D eigenvalue weighted by Gasteiger charge is 2.20. The second-order valence-electron chi connectivity index (χ2n) is 4.99. The first-order chi connectivity index (χ1) is 9.08. The Hall–Kier alpha value is -0.900. The van der Waals surface area contributed by atoms with Crippen LogP contribution in [0.15, 0.2) is 24.3 Å². The Morgan fingerprint density at radius 3 is 2.32 bits per heavy atom. The van der Waals surface area contributed by atoms with Crippen molar-refractivity contribution in [3.05, 3.63) is 35.4 Å². The van der Waals surface area contributed by atoms with Crippen LogP contribution in [0.2, 0.25) is 0 Å². The molecule has 1 aromatic rings. The Morgan fingerprint density at radius 2 is 1.79 bits per heavy atom. The Bertz CT molecular complexity index is 350. The van der Waals surface area contributed by atoms with E-state index < -0.39 is 0 Å². The highest BCUT2D eigenvalue weighted by molar-refractivity contribution is 5.24. The van der Waals surface area contributed by atoms with Crippen molar-refractivity contribution >= 4 is 0 Å². The normalized spacial score (nSPS) is 16.1. The number of aryl methyl sites for hydroxylation is 1. The lowest BCUT2D eigenvalue weighted by atomic mass is 10.0. The van der Waals surface area contributed by atoms with Crippen molar-refractivity contribution in [2.24, 2.45) is 0 Å². The van der Waals surface area contributed by atoms with Gasteiger partial charge in [0.1, 0.15) is 0 Å². The molecule has 1 rings (SSSR count). The van der Waals surface area contributed by atoms with E-state index in [1.54, 1.807) is 0 Å². The minimum Gasteiger partial charge on any atom is -0.379 e. The van der Waals surface area contributed by atoms with Crippen molar-refractivity contribution in [1.82, 2.24) is 5.32 Å². The summed E-state index contributed by atoms with van der Waals surface area (Å²) in [5, 5.41) is 3.33. The molecule has 0 saturated heterocycles. The van der Waals surface area contributed by atoms with E-state index >= 15 is 0 Å². The number of benzene rings is 1. The van der Waals surface area contributed by atoms with E-state index in [2.05, 4.69) is 43.4 Å². The molecule has 0 bridgehead atoms. The number of hydrogen-bond donors (Lipinski definition) is 1. The number of nitrogens with one attached hydrogen (secondary N) is 1. The summed E-state index contributed by atoms with van der Waals surface area (Å²) in [5.74, 6) is 0. The van der Waals surface area contributed by atoms with Gasteiger partial charge in [-0.15, -0.1) is 0 Å². The van der Waals surface area contributed by atoms with Gasteiger partial charge in [0.15, 0.2) is 0 Å². The van der Waals surface area contributed by atoms with Crippen molar-refractivity contribution in [2.75, 3.05) is 20.3 Å². The molecule has 3 unspecified atom stereocenters. The molecule has 0 spiro atoms. The van der Waals surface area contributed by atoms with Crippen LogP contribution in [-0.2, 0) is 9.47 Å². The van der Waals surface area contributed by atoms with Crippen LogP contribution in [0.5, 0.6) is 0 Å². The van der Waals surface area contributed by atoms with Crippen LogP contribution in [-0.4, -0.2) is 32.5 Å². The smallest absolute Gasteiger partial charge is 0.0785 e. The molecule has 0 aliphatic carbocycles. The largest absolute Gasteiger partial charge is 0.379 e. The number of likely N-dealkylation sites (N-methyl/N-ethyl adjacent to an activating group) is 1. The van der Waals surface area contributed by atoms with Crippen LogP contribution < -0.4 is 5.32 Å². The minimum atomic E-state index is 0.100. The molecule has 3 nitrogen and oxygen atoms in total. The Kier molecular flexibility index (Phi) is 7.06. The summed E-state index contributed by atoms with van der Waals surface area (Å²) in [6.07, 6.45) is 0.208. The number of ether oxygens (including phenoxy) is 2. The third kappa shape index (κ3) is 5.31. The molecule has 0 amide bonds. The summed E-state index contributed by atoms with van der Waals surface area (Å²) in [7, 11) is 1.97. The fourth-order valence-corrected chi connectivity index (χ4v) is 2.21. The van der Waals surface area contributed by atoms with Gasteiger partial charge >= 0.3 is 0 Å². The highest BCUT2D eigenvalue weighted by atomic mass is 16.5. The fraction of sp³-hybridized carbons (Fsp3) is 0.625. The average Bonchev–Trinajstić information content (AvgIpc) is 2.39. The molecule has 0 fully saturated rings. The molecule has 0 aliphatic heterocycles. The minimum absolute atomic E-state index is 0.100. The zero-order valence-corrected chi connectivity index (χ0v) is 12.8. The van der Waals surface area contributed by atoms with Gasteiger partial charge in [-0.25, -0.2) is 0 Å². The first kappa shape index (κ1) is 16.2. The van der Waals surface area contributed by atoms with Crippen molar-refractivity contribution in [2.45, 2.75) is 45.9 Å². The summed E-state index contributed by atoms with van der Waals surface area (Å²) in [6, 6.07) is 8.78. The second-order valence-corrected chi connectivity index (χ2v) is 4.99. The van der Waals surface area contributed by atoms with Crippen LogP contribution >= 0.6 is 0 Å². The van der Waals surface area contributed by atoms with Gasteiger partial charge in [0.2, 0.25) is 0 Å². The summed E-state index contributed by atoms with van der Waals surface area (Å²) < 4.78 is 11.4. The molecule has 1 N–H and O–H groups in total. The van der Waals surface area contributed by atoms with E-state index in [1.165, 1.54) is 11.1 Å². The SMILES string of the molecule is CCOCC(C)OC(C)C(NC)c1ccc(C)cc1. The lowest BCUT2D eigenvalue weighted by molar-refractivity contribution is -0.0518. The fourth-order valence-electron chi connectivity index (χ4n) is 2.21. The molecular weight excluding hydrogens is 238 g/mol. The van der Waals surface area contributed by atoms with Gasteiger partial charge in [-0.2, -0.15) is 0 Å². The van der Waals surface area contributed by atoms with Crippen molar-refractivity contribution < 1.29 is 9.47 Å². The Labute approximate surface area is 117 Å². The van der Waals surface area contributed by atoms with E-state index in [0.717, 1.165) is 6.61 Å². The number of hydrogen-bond acceptors (Lipinski definition) is 3. The lowest BCUT2D eigenvalue weighted by Gasteiger charge is -2.27. The molecule has 3 atom stereocenters. The summed E-state index contributed by atoms with van der Waals surface area (Å²) in [4.78, 5) is 0. The maximum Gasteiger partial charge on any atom is 0.0785 e. The van der Waals surface area contributed by atoms with Gasteiger partial charge in [-0.1, -0.05) is 29.8 Å². The van der Waals surface area contributed by atoms with Gasteiger partial charge in [0.25, 0.3) is 0 Å². The first-order valence-corrected chi connectivity index (χ1v) is 7.05. The molecular formula is C16H27NO2. The quantitative estimate of drug-likeness (QED) is 0.783. The maximum absolute atomic E-state index is 6.00. The molecule has 1 aromatic carbocycles. The van der Waals surface area contributed by atoms with Crippen molar-refractivity contribution in [3.63, 3.8) is 0 Å². The molecule has 0 saturated carbocycles. The topological polar surface area (TPSA) is 30.5 Å². The highest BCUT2D eigenvalue weighted by Crippen LogP contribution is 2.20. The number of rotatable bonds is 8. The van der Waals surface area contributed by atoms with E-state index in [1.807, 2.05) is 20.9 Å². The summed E-state index contributed by atoms with van der Waals surface area (Å²) in [5.41, 5.74) is 2.53. The Balaban J connectivity index is 2.60. The van der Waals surface area contributed by atoms with Gasteiger partial charge in [0, 0.05) is 6.61 Å². The van der Waals surface area contributed by atoms with Crippen LogP contribution in [0.3, 0.4) is 0 Å². The average molecular weight is 265 g/mol. The van der Waals surface area contributed by atoms with E-state index in [9.17, 15) is 0 Å². The molecule has 108 valence electrons. The van der Waals surface area contributed by atoms with Crippen LogP contribution in [0.4, 0.5) is 0 Å². The third-order valence-electron chi connectivity index (χ3n) is 3.22. The van der Waals surface area contributed by atoms with E-state index in [0.29, 0.717) is 6.61 Å². The molecule has 3 heteroatoms. The van der Waals surface area contributed by atoms with E-state index in [-0.39, 0.29) is 18.2 Å². The zero-order chi connectivity index (χ0) is 14.3. The predicted octanol–water partition coefficient (Wildman–Crippen LogP) is 3.09. The molecule has 19 heavy (non-hydrogen) atoms. The Morgan fingerprint density at radius 1 is 1.16 bits per heavy atom. The molecule has 0 heterocycles. The monoisotopic (exact) mass is 265 g/mol. The van der Waals surface area contributed by atoms with Gasteiger partial charge in [0.05, 0.1) is 24.9 Å². The van der Waals surface area contributed by atoms with Gasteiger partial charge in [-0.05, 0) is 40.3 Å². The lowest BCUT2D eigenvalue weighted by Crippen LogP contribution is -2.33. The van der Waals surface area contributed by atoms with Crippen molar-refractivity contribution in [1.29, 1.82) is 0 Å². The van der Waals surface area contributed by atoms with Gasteiger partial charge in [-0.3, -0.25) is 0 Å². The van der Waals surface area contributed by atoms with E-state index in [4.69, 9.17) is 9.47 Å². The van der Waals surface area contributed by atoms with Crippen LogP contribution in [0, 0.1) is 6.92 Å². The molecule has 0 aromatic heterocycles. The molecule has 0 aliphatic rings. The second kappa shape index (κ2) is 8.31. The van der Waals surface area contributed by atoms with Crippen molar-refractivity contribution in [3.8, 4) is 0 Å². The summed E-state index contributed by atoms with van der Waals surface area (Å²) >= 11 is 0. The third-order valence-corrected chi connectivity index (χ3v) is 3.22. The standard InChI is InChI=1S/C16H27NO2/c1-6-18-11-13(3)19-14(4)16(17-5)15-9-7-12(2)8-10-15/h7-10,13-14,16-17H,6,11H2,1-5H3. The predicted molar refractivity (Wildman–Crippen MR) is 79.5 cm³/mol. The maximum atomic E-state index is 6.00. The first-order valence-electron chi connectivity index (χ1n) is 7.05. The van der Waals surface area contributed by atoms with Crippen LogP contribution in [0.1, 0.15) is 37.9 Å². The zero-order valence-electron chi connectivity index (χ0n) is 12.8. The van der Waals surface area contributed by atoms with Crippen LogP contribution in [0.25, 0.3) is 0 Å².